The molecule has 1 aliphatic heterocycles. The number of hydrogen-bond acceptors (Lipinski definition) is 1. The summed E-state index contributed by atoms with van der Waals surface area (Å²) in [5.74, 6) is 0. The minimum absolute atomic E-state index is 0.764. The fraction of sp³-hybridized carbons (Fsp3) is 0.250. The van der Waals surface area contributed by atoms with E-state index < -0.39 is 0 Å². The summed E-state index contributed by atoms with van der Waals surface area (Å²) in [5, 5.41) is 0. The van der Waals surface area contributed by atoms with Crippen molar-refractivity contribution in [3.63, 3.8) is 0 Å². The van der Waals surface area contributed by atoms with Crippen LogP contribution in [0, 0.1) is 19.4 Å². The van der Waals surface area contributed by atoms with Gasteiger partial charge in [-0.1, -0.05) is 0 Å². The highest BCUT2D eigenvalue weighted by atomic mass is 16.5. The van der Waals surface area contributed by atoms with Gasteiger partial charge in [0.1, 0.15) is 0 Å². The summed E-state index contributed by atoms with van der Waals surface area (Å²) in [6, 6.07) is 0. The second kappa shape index (κ2) is 1.41. The van der Waals surface area contributed by atoms with E-state index in [0.717, 1.165) is 6.61 Å². The minimum atomic E-state index is 0.764. The molecular weight excluding hydrogens is 64.0 g/mol. The van der Waals surface area contributed by atoms with Crippen molar-refractivity contribution in [3.8, 4) is 0 Å². The van der Waals surface area contributed by atoms with Crippen LogP contribution in [0.1, 0.15) is 0 Å². The van der Waals surface area contributed by atoms with Crippen molar-refractivity contribution in [1.82, 2.24) is 0 Å². The Balaban J connectivity index is 2.08. The zero-order chi connectivity index (χ0) is 3.54. The summed E-state index contributed by atoms with van der Waals surface area (Å²) in [6.07, 6.45) is 3.85. The molecule has 0 bridgehead atoms. The summed E-state index contributed by atoms with van der Waals surface area (Å²) in [5.41, 5.74) is 0. The largest absolute Gasteiger partial charge is 0.375 e. The second-order valence-electron chi connectivity index (χ2n) is 0.898. The lowest BCUT2D eigenvalue weighted by molar-refractivity contribution is 0.269. The summed E-state index contributed by atoms with van der Waals surface area (Å²) < 4.78 is 4.71. The molecule has 1 fully saturated rings. The molecule has 0 aromatic heterocycles. The average Bonchev–Trinajstić information content (AvgIpc) is 1.76. The summed E-state index contributed by atoms with van der Waals surface area (Å²) in [7, 11) is 0. The molecule has 1 rings (SSSR count). The van der Waals surface area contributed by atoms with Crippen LogP contribution in [-0.2, 0) is 4.74 Å². The molecule has 3 radical (unpaired) electrons. The Morgan fingerprint density at radius 3 is 2.80 bits per heavy atom. The number of ether oxygens (including phenoxy) is 1. The lowest BCUT2D eigenvalue weighted by atomic mass is 10.4. The van der Waals surface area contributed by atoms with Crippen LogP contribution in [0.2, 0.25) is 0 Å². The first kappa shape index (κ1) is 3.16. The lowest BCUT2D eigenvalue weighted by Crippen LogP contribution is -1.70. The van der Waals surface area contributed by atoms with Gasteiger partial charge in [0.25, 0.3) is 0 Å². The zero-order valence-electron chi connectivity index (χ0n) is 2.85. The van der Waals surface area contributed by atoms with E-state index in [9.17, 15) is 0 Å². The van der Waals surface area contributed by atoms with E-state index in [1.807, 2.05) is 12.8 Å². The van der Waals surface area contributed by atoms with Crippen LogP contribution in [-0.4, -0.2) is 6.61 Å². The van der Waals surface area contributed by atoms with E-state index in [1.165, 1.54) is 0 Å². The van der Waals surface area contributed by atoms with Gasteiger partial charge in [-0.3, -0.25) is 0 Å². The fourth-order valence-electron chi connectivity index (χ4n) is 0.278. The van der Waals surface area contributed by atoms with E-state index >= 15 is 0 Å². The molecule has 5 heavy (non-hydrogen) atoms. The SMILES string of the molecule is [CH]1[CH]CO[CH]1. The first-order chi connectivity index (χ1) is 2.50. The van der Waals surface area contributed by atoms with Crippen LogP contribution in [0.5, 0.6) is 0 Å². The lowest BCUT2D eigenvalue weighted by Gasteiger charge is -1.75. The highest BCUT2D eigenvalue weighted by Gasteiger charge is 1.96. The number of rotatable bonds is 0. The first-order valence-corrected chi connectivity index (χ1v) is 1.60. The minimum Gasteiger partial charge on any atom is -0.375 e. The molecule has 0 aromatic carbocycles. The molecular formula is C4H5O. The predicted octanol–water partition coefficient (Wildman–Crippen LogP) is 0.587. The Hall–Kier alpha value is -0.0400. The van der Waals surface area contributed by atoms with Crippen LogP contribution in [0.4, 0.5) is 0 Å². The normalized spacial score (nSPS) is 24.0. The first-order valence-electron chi connectivity index (χ1n) is 1.60. The molecule has 0 saturated carbocycles. The smallest absolute Gasteiger partial charge is 0.0875 e. The van der Waals surface area contributed by atoms with Gasteiger partial charge in [0, 0.05) is 0 Å². The van der Waals surface area contributed by atoms with Gasteiger partial charge in [-0.05, 0) is 12.8 Å². The van der Waals surface area contributed by atoms with Crippen LogP contribution in [0.3, 0.4) is 0 Å². The molecule has 1 nitrogen and oxygen atoms in total. The van der Waals surface area contributed by atoms with Crippen LogP contribution >= 0.6 is 0 Å². The van der Waals surface area contributed by atoms with Crippen LogP contribution < -0.4 is 0 Å². The van der Waals surface area contributed by atoms with Crippen molar-refractivity contribution in [2.75, 3.05) is 6.61 Å². The van der Waals surface area contributed by atoms with Crippen molar-refractivity contribution in [2.45, 2.75) is 0 Å². The van der Waals surface area contributed by atoms with E-state index in [2.05, 4.69) is 0 Å². The van der Waals surface area contributed by atoms with Gasteiger partial charge in [0.05, 0.1) is 13.2 Å². The Morgan fingerprint density at radius 1 is 1.60 bits per heavy atom. The third-order valence-electron chi connectivity index (χ3n) is 0.503. The summed E-state index contributed by atoms with van der Waals surface area (Å²) in [6.45, 7) is 2.44. The van der Waals surface area contributed by atoms with Crippen molar-refractivity contribution >= 4 is 0 Å². The standard InChI is InChI=1S/C4H5O/c1-2-4-5-3-1/h1-3H,4H2. The van der Waals surface area contributed by atoms with E-state index in [-0.39, 0.29) is 0 Å². The predicted molar refractivity (Wildman–Crippen MR) is 18.9 cm³/mol. The second-order valence-corrected chi connectivity index (χ2v) is 0.898. The quantitative estimate of drug-likeness (QED) is 0.404. The highest BCUT2D eigenvalue weighted by Crippen LogP contribution is 2.00. The van der Waals surface area contributed by atoms with Crippen molar-refractivity contribution in [2.24, 2.45) is 0 Å². The van der Waals surface area contributed by atoms with Gasteiger partial charge in [-0.25, -0.2) is 0 Å². The third-order valence-corrected chi connectivity index (χ3v) is 0.503. The molecule has 1 saturated heterocycles. The zero-order valence-corrected chi connectivity index (χ0v) is 2.85. The molecule has 0 atom stereocenters. The van der Waals surface area contributed by atoms with Gasteiger partial charge in [-0.2, -0.15) is 0 Å². The summed E-state index contributed by atoms with van der Waals surface area (Å²) >= 11 is 0. The van der Waals surface area contributed by atoms with Gasteiger partial charge in [0.2, 0.25) is 0 Å². The van der Waals surface area contributed by atoms with Gasteiger partial charge in [-0.15, -0.1) is 0 Å². The van der Waals surface area contributed by atoms with Gasteiger partial charge >= 0.3 is 0 Å². The molecule has 0 unspecified atom stereocenters. The van der Waals surface area contributed by atoms with Crippen molar-refractivity contribution in [1.29, 1.82) is 0 Å². The molecule has 0 amide bonds. The molecule has 0 spiro atoms. The van der Waals surface area contributed by atoms with E-state index in [0.29, 0.717) is 0 Å². The summed E-state index contributed by atoms with van der Waals surface area (Å²) in [4.78, 5) is 0. The van der Waals surface area contributed by atoms with Crippen LogP contribution in [0.15, 0.2) is 0 Å². The molecule has 0 aliphatic carbocycles. The van der Waals surface area contributed by atoms with Gasteiger partial charge < -0.3 is 4.74 Å². The molecule has 0 aromatic rings. The highest BCUT2D eigenvalue weighted by molar-refractivity contribution is 4.96. The Kier molecular flexibility index (Phi) is 0.892. The maximum absolute atomic E-state index is 4.71. The molecule has 1 heterocycles. The van der Waals surface area contributed by atoms with E-state index in [4.69, 9.17) is 4.74 Å². The van der Waals surface area contributed by atoms with Crippen LogP contribution in [0.25, 0.3) is 0 Å². The average molecular weight is 69.1 g/mol. The van der Waals surface area contributed by atoms with Crippen molar-refractivity contribution in [3.05, 3.63) is 19.4 Å². The number of hydrogen-bond donors (Lipinski definition) is 0. The third kappa shape index (κ3) is 0.618. The maximum Gasteiger partial charge on any atom is 0.0875 e. The molecule has 1 aliphatic rings. The molecule has 27 valence electrons. The molecule has 0 N–H and O–H groups in total. The van der Waals surface area contributed by atoms with E-state index in [1.54, 1.807) is 6.61 Å². The fourth-order valence-corrected chi connectivity index (χ4v) is 0.278. The Morgan fingerprint density at radius 2 is 2.60 bits per heavy atom. The van der Waals surface area contributed by atoms with Crippen molar-refractivity contribution < 1.29 is 4.74 Å². The topological polar surface area (TPSA) is 9.23 Å². The molecule has 1 heteroatoms. The Labute approximate surface area is 31.9 Å². The van der Waals surface area contributed by atoms with Gasteiger partial charge in [0.15, 0.2) is 0 Å². The Bertz CT molecular complexity index is 15.2. The monoisotopic (exact) mass is 69.0 g/mol. The maximum atomic E-state index is 4.71.